The summed E-state index contributed by atoms with van der Waals surface area (Å²) in [4.78, 5) is 16.5. The molecule has 6 nitrogen and oxygen atoms in total. The van der Waals surface area contributed by atoms with Gasteiger partial charge in [-0.15, -0.1) is 23.5 Å². The fourth-order valence-corrected chi connectivity index (χ4v) is 3.11. The van der Waals surface area contributed by atoms with E-state index in [1.807, 2.05) is 0 Å². The minimum atomic E-state index is -2.15. The zero-order valence-corrected chi connectivity index (χ0v) is 8.39. The summed E-state index contributed by atoms with van der Waals surface area (Å²) in [5.41, 5.74) is 0. The van der Waals surface area contributed by atoms with Crippen molar-refractivity contribution in [3.63, 3.8) is 0 Å². The van der Waals surface area contributed by atoms with Crippen LogP contribution < -0.4 is 10.2 Å². The van der Waals surface area contributed by atoms with Crippen LogP contribution in [0.4, 0.5) is 0 Å². The molecule has 0 aliphatic carbocycles. The molecule has 1 rings (SSSR count). The predicted octanol–water partition coefficient (Wildman–Crippen LogP) is -3.66. The molecular weight excluding hydrogens is 232 g/mol. The molecule has 14 heavy (non-hydrogen) atoms. The molecule has 0 radical (unpaired) electrons. The summed E-state index contributed by atoms with van der Waals surface area (Å²) < 4.78 is 0. The van der Waals surface area contributed by atoms with E-state index in [0.29, 0.717) is 23.5 Å². The van der Waals surface area contributed by atoms with Crippen LogP contribution in [0, 0.1) is 0 Å². The highest BCUT2D eigenvalue weighted by Gasteiger charge is 2.43. The number of carbonyl (C=O) groups excluding carboxylic acids is 2. The summed E-state index contributed by atoms with van der Waals surface area (Å²) in [6.45, 7) is 0. The molecule has 2 atom stereocenters. The first-order valence-corrected chi connectivity index (χ1v) is 5.43. The summed E-state index contributed by atoms with van der Waals surface area (Å²) in [7, 11) is 0. The molecule has 2 unspecified atom stereocenters. The van der Waals surface area contributed by atoms with Crippen LogP contribution in [0.5, 0.6) is 0 Å². The lowest BCUT2D eigenvalue weighted by atomic mass is 10.4. The van der Waals surface area contributed by atoms with Crippen LogP contribution in [0.25, 0.3) is 0 Å². The van der Waals surface area contributed by atoms with Crippen molar-refractivity contribution in [1.29, 1.82) is 0 Å². The minimum absolute atomic E-state index is 0.411. The first kappa shape index (κ1) is 11.6. The Balaban J connectivity index is 2.71. The van der Waals surface area contributed by atoms with Crippen molar-refractivity contribution in [2.45, 2.75) is 9.87 Å². The van der Waals surface area contributed by atoms with Gasteiger partial charge in [-0.1, -0.05) is 0 Å². The number of aliphatic carboxylic acids is 2. The average Bonchev–Trinajstić information content (AvgIpc) is 2.10. The van der Waals surface area contributed by atoms with E-state index in [4.69, 9.17) is 0 Å². The molecule has 0 aromatic heterocycles. The van der Waals surface area contributed by atoms with Gasteiger partial charge in [-0.3, -0.25) is 0 Å². The molecule has 0 saturated carbocycles. The zero-order valence-electron chi connectivity index (χ0n) is 6.76. The molecule has 1 fully saturated rings. The second-order valence-electron chi connectivity index (χ2n) is 2.72. The molecule has 1 saturated heterocycles. The fraction of sp³-hybridized carbons (Fsp3) is 0.667. The molecule has 1 aliphatic heterocycles. The number of rotatable bonds is 2. The lowest BCUT2D eigenvalue weighted by Gasteiger charge is -2.40. The van der Waals surface area contributed by atoms with Gasteiger partial charge in [-0.25, -0.2) is 0 Å². The Morgan fingerprint density at radius 3 is 1.43 bits per heavy atom. The van der Waals surface area contributed by atoms with Crippen LogP contribution in [0.1, 0.15) is 0 Å². The van der Waals surface area contributed by atoms with Crippen LogP contribution in [0.3, 0.4) is 0 Å². The van der Waals surface area contributed by atoms with Gasteiger partial charge < -0.3 is 30.0 Å². The molecule has 2 N–H and O–H groups in total. The maximum atomic E-state index is 10.4. The van der Waals surface area contributed by atoms with Gasteiger partial charge in [-0.05, 0) is 0 Å². The van der Waals surface area contributed by atoms with Crippen molar-refractivity contribution in [2.24, 2.45) is 0 Å². The highest BCUT2D eigenvalue weighted by molar-refractivity contribution is 8.08. The Bertz CT molecular complexity index is 241. The van der Waals surface area contributed by atoms with Gasteiger partial charge in [0.05, 0.1) is 11.9 Å². The maximum Gasteiger partial charge on any atom is 0.159 e. The molecule has 0 aromatic carbocycles. The molecule has 1 aliphatic rings. The van der Waals surface area contributed by atoms with Crippen LogP contribution in [-0.4, -0.2) is 43.5 Å². The Labute approximate surface area is 87.3 Å². The molecule has 0 spiro atoms. The number of carboxylic acid groups (broad SMARTS) is 2. The maximum absolute atomic E-state index is 10.4. The third-order valence-corrected chi connectivity index (χ3v) is 4.72. The predicted molar refractivity (Wildman–Crippen MR) is 44.8 cm³/mol. The normalized spacial score (nSPS) is 37.9. The Morgan fingerprint density at radius 2 is 1.29 bits per heavy atom. The summed E-state index contributed by atoms with van der Waals surface area (Å²) >= 11 is 0.821. The van der Waals surface area contributed by atoms with Crippen molar-refractivity contribution in [1.82, 2.24) is 0 Å². The number of carboxylic acids is 2. The lowest BCUT2D eigenvalue weighted by molar-refractivity contribution is -0.319. The van der Waals surface area contributed by atoms with Gasteiger partial charge in [0.15, 0.2) is 9.87 Å². The van der Waals surface area contributed by atoms with E-state index in [9.17, 15) is 30.0 Å². The van der Waals surface area contributed by atoms with E-state index in [1.54, 1.807) is 0 Å². The Morgan fingerprint density at radius 1 is 1.00 bits per heavy atom. The smallest absolute Gasteiger partial charge is 0.159 e. The summed E-state index contributed by atoms with van der Waals surface area (Å²) in [5.74, 6) is -4.33. The van der Waals surface area contributed by atoms with E-state index >= 15 is 0 Å². The summed E-state index contributed by atoms with van der Waals surface area (Å²) in [6, 6.07) is 0. The van der Waals surface area contributed by atoms with E-state index in [0.717, 1.165) is 0 Å². The summed E-state index contributed by atoms with van der Waals surface area (Å²) in [5, 5.41) is 39.5. The number of hydrogen-bond acceptors (Lipinski definition) is 8. The van der Waals surface area contributed by atoms with Gasteiger partial charge in [0.1, 0.15) is 0 Å². The van der Waals surface area contributed by atoms with Crippen LogP contribution in [0.2, 0.25) is 0 Å². The number of thioether (sulfide) groups is 2. The molecule has 8 heteroatoms. The van der Waals surface area contributed by atoms with Crippen LogP contribution >= 0.6 is 23.5 Å². The third-order valence-electron chi connectivity index (χ3n) is 1.65. The second-order valence-corrected chi connectivity index (χ2v) is 5.23. The Hall–Kier alpha value is -0.440. The van der Waals surface area contributed by atoms with Crippen molar-refractivity contribution >= 4 is 35.5 Å². The molecule has 0 aromatic rings. The minimum Gasteiger partial charge on any atom is -0.546 e. The van der Waals surface area contributed by atoms with Crippen LogP contribution in [0.15, 0.2) is 0 Å². The molecule has 80 valence electrons. The van der Waals surface area contributed by atoms with Gasteiger partial charge in [-0.2, -0.15) is 0 Å². The third kappa shape index (κ3) is 1.97. The monoisotopic (exact) mass is 238 g/mol. The quantitative estimate of drug-likeness (QED) is 0.505. The van der Waals surface area contributed by atoms with E-state index in [1.165, 1.54) is 0 Å². The lowest BCUT2D eigenvalue weighted by Crippen LogP contribution is -2.57. The van der Waals surface area contributed by atoms with Gasteiger partial charge in [0, 0.05) is 11.5 Å². The van der Waals surface area contributed by atoms with E-state index in [2.05, 4.69) is 0 Å². The summed E-state index contributed by atoms with van der Waals surface area (Å²) in [6.07, 6.45) is 0. The fourth-order valence-electron chi connectivity index (χ4n) is 0.753. The molecular formula is C6H6O6S2-2. The number of hydrogen-bond donors (Lipinski definition) is 2. The zero-order chi connectivity index (χ0) is 11.0. The van der Waals surface area contributed by atoms with Gasteiger partial charge in [0.25, 0.3) is 0 Å². The number of aliphatic hydroxyl groups is 2. The SMILES string of the molecule is O=C([O-])C1(O)CSC(O)(C(=O)[O-])CS1. The largest absolute Gasteiger partial charge is 0.546 e. The van der Waals surface area contributed by atoms with E-state index < -0.39 is 33.3 Å². The van der Waals surface area contributed by atoms with Gasteiger partial charge in [0.2, 0.25) is 0 Å². The van der Waals surface area contributed by atoms with Crippen molar-refractivity contribution in [3.8, 4) is 0 Å². The Kier molecular flexibility index (Phi) is 3.00. The highest BCUT2D eigenvalue weighted by Crippen LogP contribution is 2.41. The molecule has 0 amide bonds. The molecule has 0 bridgehead atoms. The molecule has 1 heterocycles. The standard InChI is InChI=1S/C6H8O6S2/c7-3(8)5(11)1-13-6(12,2-14-5)4(9)10/h11-12H,1-2H2,(H,7,8)(H,9,10)/p-2. The first-order valence-electron chi connectivity index (χ1n) is 3.46. The second kappa shape index (κ2) is 3.61. The van der Waals surface area contributed by atoms with Crippen molar-refractivity contribution in [2.75, 3.05) is 11.5 Å². The van der Waals surface area contributed by atoms with Crippen molar-refractivity contribution in [3.05, 3.63) is 0 Å². The van der Waals surface area contributed by atoms with E-state index in [-0.39, 0.29) is 0 Å². The van der Waals surface area contributed by atoms with Crippen molar-refractivity contribution < 1.29 is 30.0 Å². The first-order chi connectivity index (χ1) is 6.30. The number of carbonyl (C=O) groups is 2. The highest BCUT2D eigenvalue weighted by atomic mass is 32.2. The van der Waals surface area contributed by atoms with Gasteiger partial charge >= 0.3 is 0 Å². The van der Waals surface area contributed by atoms with Crippen LogP contribution in [-0.2, 0) is 9.59 Å². The topological polar surface area (TPSA) is 121 Å². The average molecular weight is 238 g/mol.